The first kappa shape index (κ1) is 25.2. The third kappa shape index (κ3) is 7.26. The highest BCUT2D eigenvalue weighted by Crippen LogP contribution is 2.24. The van der Waals surface area contributed by atoms with Gasteiger partial charge in [-0.1, -0.05) is 74.3 Å². The molecule has 0 saturated carbocycles. The lowest BCUT2D eigenvalue weighted by molar-refractivity contribution is -0.141. The first-order chi connectivity index (χ1) is 14.8. The summed E-state index contributed by atoms with van der Waals surface area (Å²) in [4.78, 5) is 27.6. The Morgan fingerprint density at radius 2 is 1.61 bits per heavy atom. The predicted molar refractivity (Wildman–Crippen MR) is 129 cm³/mol. The van der Waals surface area contributed by atoms with E-state index in [4.69, 9.17) is 23.2 Å². The first-order valence-corrected chi connectivity index (χ1v) is 11.6. The van der Waals surface area contributed by atoms with Gasteiger partial charge in [-0.3, -0.25) is 9.59 Å². The SMILES string of the molecule is CCNC(=O)C(CC)N(Cc1ccc(Cl)c(Cl)c1)C(=O)CCc1ccc(C(C)C)cc1. The van der Waals surface area contributed by atoms with Crippen LogP contribution in [0, 0.1) is 0 Å². The van der Waals surface area contributed by atoms with E-state index in [1.54, 1.807) is 17.0 Å². The van der Waals surface area contributed by atoms with Gasteiger partial charge in [0.2, 0.25) is 11.8 Å². The van der Waals surface area contributed by atoms with Crippen molar-refractivity contribution in [3.8, 4) is 0 Å². The summed E-state index contributed by atoms with van der Waals surface area (Å²) in [5, 5.41) is 3.74. The second-order valence-corrected chi connectivity index (χ2v) is 8.80. The van der Waals surface area contributed by atoms with Crippen molar-refractivity contribution >= 4 is 35.0 Å². The minimum atomic E-state index is -0.537. The van der Waals surface area contributed by atoms with E-state index in [1.807, 2.05) is 19.9 Å². The number of hydrogen-bond acceptors (Lipinski definition) is 2. The quantitative estimate of drug-likeness (QED) is 0.470. The second kappa shape index (κ2) is 12.1. The molecular weight excluding hydrogens is 431 g/mol. The van der Waals surface area contributed by atoms with Gasteiger partial charge in [0.15, 0.2) is 0 Å². The molecular formula is C25H32Cl2N2O2. The highest BCUT2D eigenvalue weighted by molar-refractivity contribution is 6.42. The van der Waals surface area contributed by atoms with Crippen LogP contribution in [-0.4, -0.2) is 29.3 Å². The zero-order chi connectivity index (χ0) is 23.0. The van der Waals surface area contributed by atoms with Crippen LogP contribution < -0.4 is 5.32 Å². The zero-order valence-electron chi connectivity index (χ0n) is 18.8. The molecule has 6 heteroatoms. The van der Waals surface area contributed by atoms with Gasteiger partial charge in [0.05, 0.1) is 10.0 Å². The molecule has 0 saturated heterocycles. The van der Waals surface area contributed by atoms with Gasteiger partial charge in [-0.05, 0) is 54.5 Å². The molecule has 0 aromatic heterocycles. The molecule has 0 aliphatic heterocycles. The van der Waals surface area contributed by atoms with Gasteiger partial charge in [0, 0.05) is 19.5 Å². The van der Waals surface area contributed by atoms with Crippen LogP contribution >= 0.6 is 23.2 Å². The van der Waals surface area contributed by atoms with Gasteiger partial charge in [-0.25, -0.2) is 0 Å². The predicted octanol–water partition coefficient (Wildman–Crippen LogP) is 5.99. The number of aryl methyl sites for hydroxylation is 1. The number of nitrogens with zero attached hydrogens (tertiary/aromatic N) is 1. The van der Waals surface area contributed by atoms with Crippen LogP contribution in [0.2, 0.25) is 10.0 Å². The number of likely N-dealkylation sites (N-methyl/N-ethyl adjacent to an activating group) is 1. The van der Waals surface area contributed by atoms with Crippen LogP contribution in [0.1, 0.15) is 63.1 Å². The smallest absolute Gasteiger partial charge is 0.242 e. The average molecular weight is 463 g/mol. The molecule has 0 radical (unpaired) electrons. The first-order valence-electron chi connectivity index (χ1n) is 10.9. The van der Waals surface area contributed by atoms with Crippen molar-refractivity contribution in [1.29, 1.82) is 0 Å². The standard InChI is InChI=1S/C25H32Cl2N2O2/c1-5-23(25(31)28-6-2)29(16-19-9-13-21(26)22(27)15-19)24(30)14-10-18-7-11-20(12-8-18)17(3)4/h7-9,11-13,15,17,23H,5-6,10,14,16H2,1-4H3,(H,28,31). The monoisotopic (exact) mass is 462 g/mol. The van der Waals surface area contributed by atoms with Crippen LogP contribution in [0.15, 0.2) is 42.5 Å². The van der Waals surface area contributed by atoms with Gasteiger partial charge in [0.25, 0.3) is 0 Å². The van der Waals surface area contributed by atoms with E-state index in [2.05, 4.69) is 43.4 Å². The third-order valence-corrected chi connectivity index (χ3v) is 6.09. The highest BCUT2D eigenvalue weighted by atomic mass is 35.5. The maximum atomic E-state index is 13.2. The van der Waals surface area contributed by atoms with E-state index in [0.29, 0.717) is 48.3 Å². The van der Waals surface area contributed by atoms with Gasteiger partial charge in [0.1, 0.15) is 6.04 Å². The zero-order valence-corrected chi connectivity index (χ0v) is 20.3. The van der Waals surface area contributed by atoms with Crippen LogP contribution in [0.5, 0.6) is 0 Å². The minimum absolute atomic E-state index is 0.0582. The Labute approximate surface area is 195 Å². The second-order valence-electron chi connectivity index (χ2n) is 7.99. The number of nitrogens with one attached hydrogen (secondary N) is 1. The molecule has 31 heavy (non-hydrogen) atoms. The Kier molecular flexibility index (Phi) is 9.86. The third-order valence-electron chi connectivity index (χ3n) is 5.35. The van der Waals surface area contributed by atoms with Crippen LogP contribution in [0.4, 0.5) is 0 Å². The number of amides is 2. The Hall–Kier alpha value is -2.04. The molecule has 0 spiro atoms. The molecule has 0 fully saturated rings. The molecule has 0 heterocycles. The van der Waals surface area contributed by atoms with Crippen molar-refractivity contribution < 1.29 is 9.59 Å². The van der Waals surface area contributed by atoms with E-state index in [1.165, 1.54) is 5.56 Å². The normalized spacial score (nSPS) is 12.0. The maximum Gasteiger partial charge on any atom is 0.242 e. The average Bonchev–Trinajstić information content (AvgIpc) is 2.74. The van der Waals surface area contributed by atoms with E-state index in [9.17, 15) is 9.59 Å². The topological polar surface area (TPSA) is 49.4 Å². The number of rotatable bonds is 10. The number of benzene rings is 2. The van der Waals surface area contributed by atoms with Crippen molar-refractivity contribution in [2.24, 2.45) is 0 Å². The minimum Gasteiger partial charge on any atom is -0.355 e. The Balaban J connectivity index is 2.19. The van der Waals surface area contributed by atoms with Crippen LogP contribution in [-0.2, 0) is 22.6 Å². The van der Waals surface area contributed by atoms with Gasteiger partial charge in [-0.15, -0.1) is 0 Å². The molecule has 2 aromatic carbocycles. The van der Waals surface area contributed by atoms with E-state index < -0.39 is 6.04 Å². The molecule has 1 atom stereocenters. The van der Waals surface area contributed by atoms with Crippen molar-refractivity contribution in [2.45, 2.75) is 65.5 Å². The van der Waals surface area contributed by atoms with Gasteiger partial charge in [-0.2, -0.15) is 0 Å². The fourth-order valence-electron chi connectivity index (χ4n) is 3.51. The summed E-state index contributed by atoms with van der Waals surface area (Å²) in [5.74, 6) is 0.275. The molecule has 2 rings (SSSR count). The molecule has 1 N–H and O–H groups in total. The number of carbonyl (C=O) groups excluding carboxylic acids is 2. The molecule has 1 unspecified atom stereocenters. The molecule has 4 nitrogen and oxygen atoms in total. The van der Waals surface area contributed by atoms with Gasteiger partial charge >= 0.3 is 0 Å². The lowest BCUT2D eigenvalue weighted by atomic mass is 10.00. The van der Waals surface area contributed by atoms with Crippen molar-refractivity contribution in [2.75, 3.05) is 6.54 Å². The fourth-order valence-corrected chi connectivity index (χ4v) is 3.83. The van der Waals surface area contributed by atoms with Crippen molar-refractivity contribution in [1.82, 2.24) is 10.2 Å². The molecule has 0 bridgehead atoms. The summed E-state index contributed by atoms with van der Waals surface area (Å²) in [6.07, 6.45) is 1.49. The van der Waals surface area contributed by atoms with Crippen molar-refractivity contribution in [3.05, 3.63) is 69.2 Å². The lowest BCUT2D eigenvalue weighted by Crippen LogP contribution is -2.49. The molecule has 168 valence electrons. The van der Waals surface area contributed by atoms with Crippen molar-refractivity contribution in [3.63, 3.8) is 0 Å². The van der Waals surface area contributed by atoms with Gasteiger partial charge < -0.3 is 10.2 Å². The summed E-state index contributed by atoms with van der Waals surface area (Å²) in [5.41, 5.74) is 3.23. The van der Waals surface area contributed by atoms with Crippen LogP contribution in [0.3, 0.4) is 0 Å². The Bertz CT molecular complexity index is 882. The van der Waals surface area contributed by atoms with E-state index >= 15 is 0 Å². The lowest BCUT2D eigenvalue weighted by Gasteiger charge is -2.30. The summed E-state index contributed by atoms with van der Waals surface area (Å²) < 4.78 is 0. The molecule has 0 aliphatic rings. The van der Waals surface area contributed by atoms with E-state index in [-0.39, 0.29) is 11.8 Å². The largest absolute Gasteiger partial charge is 0.355 e. The maximum absolute atomic E-state index is 13.2. The van der Waals surface area contributed by atoms with Crippen LogP contribution in [0.25, 0.3) is 0 Å². The number of carbonyl (C=O) groups is 2. The number of halogens is 2. The Morgan fingerprint density at radius 3 is 2.16 bits per heavy atom. The summed E-state index contributed by atoms with van der Waals surface area (Å²) in [6, 6.07) is 13.1. The molecule has 0 aliphatic carbocycles. The molecule has 2 amide bonds. The summed E-state index contributed by atoms with van der Waals surface area (Å²) in [6.45, 7) is 8.93. The molecule has 2 aromatic rings. The number of hydrogen-bond donors (Lipinski definition) is 1. The highest BCUT2D eigenvalue weighted by Gasteiger charge is 2.28. The Morgan fingerprint density at radius 1 is 0.968 bits per heavy atom. The summed E-state index contributed by atoms with van der Waals surface area (Å²) in [7, 11) is 0. The fraction of sp³-hybridized carbons (Fsp3) is 0.440. The van der Waals surface area contributed by atoms with E-state index in [0.717, 1.165) is 11.1 Å². The summed E-state index contributed by atoms with van der Waals surface area (Å²) >= 11 is 12.2.